The second kappa shape index (κ2) is 8.76. The Kier molecular flexibility index (Phi) is 6.68. The third-order valence-electron chi connectivity index (χ3n) is 4.17. The predicted octanol–water partition coefficient (Wildman–Crippen LogP) is 2.26. The Morgan fingerprint density at radius 2 is 2.00 bits per heavy atom. The van der Waals surface area contributed by atoms with E-state index >= 15 is 0 Å². The standard InChI is InChI=1S/C17H28N4O/c1-3-14(2)15-4-6-16(7-5-15)20-17(18)19-8-9-21-10-12-22-13-11-21/h4-7,14H,3,8-13H2,1-2H3,(H3,18,19,20). The van der Waals surface area contributed by atoms with Gasteiger partial charge in [0.05, 0.1) is 19.8 Å². The number of nitrogens with one attached hydrogen (secondary N) is 1. The normalized spacial score (nSPS) is 18.2. The monoisotopic (exact) mass is 304 g/mol. The third-order valence-corrected chi connectivity index (χ3v) is 4.17. The lowest BCUT2D eigenvalue weighted by Gasteiger charge is -2.25. The highest BCUT2D eigenvalue weighted by Crippen LogP contribution is 2.20. The van der Waals surface area contributed by atoms with Crippen LogP contribution in [0, 0.1) is 0 Å². The molecule has 1 saturated heterocycles. The molecule has 122 valence electrons. The number of hydrogen-bond acceptors (Lipinski definition) is 3. The average Bonchev–Trinajstić information content (AvgIpc) is 2.56. The zero-order chi connectivity index (χ0) is 15.8. The van der Waals surface area contributed by atoms with Crippen LogP contribution in [0.2, 0.25) is 0 Å². The van der Waals surface area contributed by atoms with Crippen LogP contribution < -0.4 is 11.1 Å². The minimum absolute atomic E-state index is 0.476. The first kappa shape index (κ1) is 16.8. The van der Waals surface area contributed by atoms with Crippen molar-refractivity contribution in [3.8, 4) is 0 Å². The molecule has 0 spiro atoms. The molecule has 0 aromatic heterocycles. The highest BCUT2D eigenvalue weighted by Gasteiger charge is 2.09. The van der Waals surface area contributed by atoms with Gasteiger partial charge in [-0.3, -0.25) is 9.89 Å². The van der Waals surface area contributed by atoms with Crippen LogP contribution in [0.4, 0.5) is 5.69 Å². The molecule has 0 amide bonds. The van der Waals surface area contributed by atoms with Crippen molar-refractivity contribution in [2.45, 2.75) is 26.2 Å². The smallest absolute Gasteiger partial charge is 0.193 e. The lowest BCUT2D eigenvalue weighted by Crippen LogP contribution is -2.38. The van der Waals surface area contributed by atoms with E-state index < -0.39 is 0 Å². The van der Waals surface area contributed by atoms with E-state index in [0.717, 1.165) is 45.0 Å². The number of ether oxygens (including phenoxy) is 1. The Hall–Kier alpha value is -1.59. The van der Waals surface area contributed by atoms with Gasteiger partial charge < -0.3 is 15.8 Å². The lowest BCUT2D eigenvalue weighted by molar-refractivity contribution is 0.0394. The number of morpholine rings is 1. The van der Waals surface area contributed by atoms with Crippen molar-refractivity contribution < 1.29 is 4.74 Å². The van der Waals surface area contributed by atoms with Crippen molar-refractivity contribution >= 4 is 11.6 Å². The first-order valence-electron chi connectivity index (χ1n) is 8.16. The molecule has 22 heavy (non-hydrogen) atoms. The minimum atomic E-state index is 0.476. The summed E-state index contributed by atoms with van der Waals surface area (Å²) >= 11 is 0. The van der Waals surface area contributed by atoms with E-state index in [0.29, 0.717) is 18.4 Å². The van der Waals surface area contributed by atoms with E-state index in [1.807, 2.05) is 0 Å². The van der Waals surface area contributed by atoms with Crippen molar-refractivity contribution in [3.05, 3.63) is 29.8 Å². The van der Waals surface area contributed by atoms with Crippen molar-refractivity contribution in [1.29, 1.82) is 0 Å². The molecule has 1 aliphatic heterocycles. The summed E-state index contributed by atoms with van der Waals surface area (Å²) in [5, 5.41) is 3.15. The van der Waals surface area contributed by atoms with Gasteiger partial charge in [-0.05, 0) is 30.0 Å². The molecular weight excluding hydrogens is 276 g/mol. The number of nitrogens with two attached hydrogens (primary N) is 1. The van der Waals surface area contributed by atoms with Gasteiger partial charge in [-0.15, -0.1) is 0 Å². The predicted molar refractivity (Wildman–Crippen MR) is 92.5 cm³/mol. The van der Waals surface area contributed by atoms with Gasteiger partial charge in [0.15, 0.2) is 5.96 Å². The molecule has 0 bridgehead atoms. The molecule has 0 radical (unpaired) electrons. The van der Waals surface area contributed by atoms with E-state index in [4.69, 9.17) is 10.5 Å². The molecular formula is C17H28N4O. The van der Waals surface area contributed by atoms with E-state index in [2.05, 4.69) is 53.3 Å². The van der Waals surface area contributed by atoms with Gasteiger partial charge in [-0.25, -0.2) is 0 Å². The fraction of sp³-hybridized carbons (Fsp3) is 0.588. The number of nitrogens with zero attached hydrogens (tertiary/aromatic N) is 2. The van der Waals surface area contributed by atoms with Gasteiger partial charge in [-0.1, -0.05) is 26.0 Å². The summed E-state index contributed by atoms with van der Waals surface area (Å²) in [6, 6.07) is 8.42. The second-order valence-electron chi connectivity index (χ2n) is 5.78. The molecule has 5 heteroatoms. The first-order valence-corrected chi connectivity index (χ1v) is 8.16. The third kappa shape index (κ3) is 5.31. The highest BCUT2D eigenvalue weighted by molar-refractivity contribution is 5.92. The molecule has 2 rings (SSSR count). The van der Waals surface area contributed by atoms with Gasteiger partial charge in [0.2, 0.25) is 0 Å². The topological polar surface area (TPSA) is 62.9 Å². The summed E-state index contributed by atoms with van der Waals surface area (Å²) in [7, 11) is 0. The SMILES string of the molecule is CCC(C)c1ccc(NC(N)=NCCN2CCOCC2)cc1. The largest absolute Gasteiger partial charge is 0.379 e. The van der Waals surface area contributed by atoms with E-state index in [1.165, 1.54) is 5.56 Å². The maximum Gasteiger partial charge on any atom is 0.193 e. The van der Waals surface area contributed by atoms with Crippen LogP contribution >= 0.6 is 0 Å². The fourth-order valence-corrected chi connectivity index (χ4v) is 2.45. The summed E-state index contributed by atoms with van der Waals surface area (Å²) in [5.41, 5.74) is 8.28. The molecule has 1 aromatic carbocycles. The van der Waals surface area contributed by atoms with Crippen LogP contribution in [0.5, 0.6) is 0 Å². The summed E-state index contributed by atoms with van der Waals surface area (Å²) in [6.07, 6.45) is 1.15. The molecule has 1 fully saturated rings. The van der Waals surface area contributed by atoms with E-state index in [1.54, 1.807) is 0 Å². The summed E-state index contributed by atoms with van der Waals surface area (Å²) < 4.78 is 5.33. The Bertz CT molecular complexity index is 466. The summed E-state index contributed by atoms with van der Waals surface area (Å²) in [5.74, 6) is 1.07. The van der Waals surface area contributed by atoms with Crippen LogP contribution in [0.15, 0.2) is 29.3 Å². The van der Waals surface area contributed by atoms with Crippen LogP contribution in [0.1, 0.15) is 31.7 Å². The van der Waals surface area contributed by atoms with Crippen molar-refractivity contribution in [2.75, 3.05) is 44.7 Å². The lowest BCUT2D eigenvalue weighted by atomic mass is 9.99. The molecule has 5 nitrogen and oxygen atoms in total. The van der Waals surface area contributed by atoms with Gasteiger partial charge in [0.25, 0.3) is 0 Å². The van der Waals surface area contributed by atoms with Crippen LogP contribution in [-0.2, 0) is 4.74 Å². The zero-order valence-corrected chi connectivity index (χ0v) is 13.7. The zero-order valence-electron chi connectivity index (χ0n) is 13.7. The van der Waals surface area contributed by atoms with Crippen molar-refractivity contribution in [1.82, 2.24) is 4.90 Å². The Labute approximate surface area is 133 Å². The number of guanidine groups is 1. The average molecular weight is 304 g/mol. The Balaban J connectivity index is 1.77. The quantitative estimate of drug-likeness (QED) is 0.625. The van der Waals surface area contributed by atoms with Gasteiger partial charge in [-0.2, -0.15) is 0 Å². The molecule has 1 heterocycles. The van der Waals surface area contributed by atoms with Gasteiger partial charge in [0, 0.05) is 25.3 Å². The highest BCUT2D eigenvalue weighted by atomic mass is 16.5. The number of benzene rings is 1. The van der Waals surface area contributed by atoms with E-state index in [9.17, 15) is 0 Å². The van der Waals surface area contributed by atoms with Gasteiger partial charge in [0.1, 0.15) is 0 Å². The molecule has 0 saturated carbocycles. The second-order valence-corrected chi connectivity index (χ2v) is 5.78. The van der Waals surface area contributed by atoms with Crippen molar-refractivity contribution in [2.24, 2.45) is 10.7 Å². The molecule has 1 unspecified atom stereocenters. The molecule has 1 atom stereocenters. The molecule has 1 aliphatic rings. The Morgan fingerprint density at radius 1 is 1.32 bits per heavy atom. The van der Waals surface area contributed by atoms with Crippen molar-refractivity contribution in [3.63, 3.8) is 0 Å². The minimum Gasteiger partial charge on any atom is -0.379 e. The van der Waals surface area contributed by atoms with Crippen LogP contribution in [-0.4, -0.2) is 50.3 Å². The fourth-order valence-electron chi connectivity index (χ4n) is 2.45. The van der Waals surface area contributed by atoms with E-state index in [-0.39, 0.29) is 0 Å². The number of hydrogen-bond donors (Lipinski definition) is 2. The molecule has 3 N–H and O–H groups in total. The molecule has 0 aliphatic carbocycles. The Morgan fingerprint density at radius 3 is 2.64 bits per heavy atom. The molecule has 1 aromatic rings. The summed E-state index contributed by atoms with van der Waals surface area (Å²) in [6.45, 7) is 9.70. The first-order chi connectivity index (χ1) is 10.7. The maximum atomic E-state index is 5.94. The maximum absolute atomic E-state index is 5.94. The summed E-state index contributed by atoms with van der Waals surface area (Å²) in [4.78, 5) is 6.74. The number of rotatable bonds is 6. The number of anilines is 1. The number of aliphatic imine (C=N–C) groups is 1. The van der Waals surface area contributed by atoms with Crippen LogP contribution in [0.3, 0.4) is 0 Å². The van der Waals surface area contributed by atoms with Gasteiger partial charge >= 0.3 is 0 Å². The van der Waals surface area contributed by atoms with Crippen LogP contribution in [0.25, 0.3) is 0 Å².